The second-order valence-corrected chi connectivity index (χ2v) is 6.57. The normalized spacial score (nSPS) is 10.7. The molecular weight excluding hydrogens is 348 g/mol. The number of halogens is 1. The summed E-state index contributed by atoms with van der Waals surface area (Å²) in [6, 6.07) is 17.1. The van der Waals surface area contributed by atoms with E-state index in [0.717, 1.165) is 22.8 Å². The van der Waals surface area contributed by atoms with Gasteiger partial charge in [-0.1, -0.05) is 23.7 Å². The summed E-state index contributed by atoms with van der Waals surface area (Å²) in [5.74, 6) is 1.98. The molecule has 134 valence electrons. The van der Waals surface area contributed by atoms with Crippen LogP contribution in [0.3, 0.4) is 0 Å². The maximum atomic E-state index is 5.93. The van der Waals surface area contributed by atoms with Crippen LogP contribution in [0, 0.1) is 6.92 Å². The van der Waals surface area contributed by atoms with Crippen molar-refractivity contribution in [1.82, 2.24) is 9.97 Å². The molecule has 3 aromatic rings. The quantitative estimate of drug-likeness (QED) is 0.583. The first-order valence-corrected chi connectivity index (χ1v) is 8.78. The van der Waals surface area contributed by atoms with E-state index in [0.29, 0.717) is 16.8 Å². The first-order chi connectivity index (χ1) is 12.5. The van der Waals surface area contributed by atoms with Gasteiger partial charge in [-0.05, 0) is 57.2 Å². The minimum Gasteiger partial charge on any atom is -0.489 e. The van der Waals surface area contributed by atoms with Crippen LogP contribution in [-0.2, 0) is 0 Å². The van der Waals surface area contributed by atoms with Crippen molar-refractivity contribution in [2.24, 2.45) is 0 Å². The van der Waals surface area contributed by atoms with Crippen molar-refractivity contribution in [2.45, 2.75) is 26.9 Å². The Hall–Kier alpha value is -2.79. The molecule has 0 aliphatic heterocycles. The van der Waals surface area contributed by atoms with Crippen LogP contribution in [0.15, 0.2) is 54.6 Å². The number of hydrogen-bond acceptors (Lipinski definition) is 5. The molecule has 5 nitrogen and oxygen atoms in total. The molecule has 2 N–H and O–H groups in total. The molecule has 1 aromatic heterocycles. The average molecular weight is 369 g/mol. The Bertz CT molecular complexity index is 881. The first kappa shape index (κ1) is 18.0. The molecule has 0 atom stereocenters. The molecular formula is C20H21ClN4O. The lowest BCUT2D eigenvalue weighted by Crippen LogP contribution is -2.08. The van der Waals surface area contributed by atoms with Crippen LogP contribution in [0.25, 0.3) is 0 Å². The van der Waals surface area contributed by atoms with E-state index in [4.69, 9.17) is 16.3 Å². The van der Waals surface area contributed by atoms with Gasteiger partial charge in [-0.15, -0.1) is 0 Å². The smallest absolute Gasteiger partial charge is 0.229 e. The minimum atomic E-state index is 0.0900. The predicted octanol–water partition coefficient (Wildman–Crippen LogP) is 5.71. The number of hydrogen-bond donors (Lipinski definition) is 2. The molecule has 2 aromatic carbocycles. The molecule has 1 heterocycles. The van der Waals surface area contributed by atoms with Gasteiger partial charge in [-0.25, -0.2) is 4.98 Å². The molecule has 0 bridgehead atoms. The number of nitrogens with one attached hydrogen (secondary N) is 2. The summed E-state index contributed by atoms with van der Waals surface area (Å²) in [5, 5.41) is 7.19. The van der Waals surface area contributed by atoms with Crippen molar-refractivity contribution in [3.05, 3.63) is 65.3 Å². The Kier molecular flexibility index (Phi) is 5.58. The fraction of sp³-hybridized carbons (Fsp3) is 0.200. The van der Waals surface area contributed by atoms with E-state index in [1.54, 1.807) is 0 Å². The number of benzene rings is 2. The van der Waals surface area contributed by atoms with Crippen molar-refractivity contribution >= 4 is 34.7 Å². The number of aromatic nitrogens is 2. The lowest BCUT2D eigenvalue weighted by Gasteiger charge is -2.15. The SMILES string of the molecule is Cc1cc(Nc2ccccc2OC(C)C)nc(Nc2ccc(Cl)cc2)n1. The fourth-order valence-electron chi connectivity index (χ4n) is 2.42. The highest BCUT2D eigenvalue weighted by atomic mass is 35.5. The third-order valence-electron chi connectivity index (χ3n) is 3.47. The van der Waals surface area contributed by atoms with Crippen LogP contribution in [0.5, 0.6) is 5.75 Å². The Morgan fingerprint density at radius 1 is 0.962 bits per heavy atom. The zero-order valence-electron chi connectivity index (χ0n) is 15.0. The molecule has 3 rings (SSSR count). The number of rotatable bonds is 6. The van der Waals surface area contributed by atoms with E-state index < -0.39 is 0 Å². The summed E-state index contributed by atoms with van der Waals surface area (Å²) < 4.78 is 5.85. The lowest BCUT2D eigenvalue weighted by molar-refractivity contribution is 0.244. The first-order valence-electron chi connectivity index (χ1n) is 8.40. The summed E-state index contributed by atoms with van der Waals surface area (Å²) in [7, 11) is 0. The molecule has 0 saturated carbocycles. The van der Waals surface area contributed by atoms with Crippen LogP contribution in [0.2, 0.25) is 5.02 Å². The zero-order chi connectivity index (χ0) is 18.5. The standard InChI is InChI=1S/C20H21ClN4O/c1-13(2)26-18-7-5-4-6-17(18)24-19-12-14(3)22-20(25-19)23-16-10-8-15(21)9-11-16/h4-13H,1-3H3,(H2,22,23,24,25). The second kappa shape index (κ2) is 8.06. The van der Waals surface area contributed by atoms with Gasteiger partial charge in [0.1, 0.15) is 11.6 Å². The lowest BCUT2D eigenvalue weighted by atomic mass is 10.3. The van der Waals surface area contributed by atoms with Gasteiger partial charge in [0, 0.05) is 22.5 Å². The van der Waals surface area contributed by atoms with Gasteiger partial charge < -0.3 is 15.4 Å². The topological polar surface area (TPSA) is 59.1 Å². The van der Waals surface area contributed by atoms with Crippen LogP contribution in [-0.4, -0.2) is 16.1 Å². The van der Waals surface area contributed by atoms with Crippen LogP contribution in [0.4, 0.5) is 23.1 Å². The molecule has 0 fully saturated rings. The van der Waals surface area contributed by atoms with E-state index in [1.165, 1.54) is 0 Å². The highest BCUT2D eigenvalue weighted by molar-refractivity contribution is 6.30. The van der Waals surface area contributed by atoms with E-state index >= 15 is 0 Å². The minimum absolute atomic E-state index is 0.0900. The van der Waals surface area contributed by atoms with Crippen molar-refractivity contribution < 1.29 is 4.74 Å². The molecule has 0 spiro atoms. The molecule has 0 saturated heterocycles. The average Bonchev–Trinajstić information content (AvgIpc) is 2.58. The molecule has 0 aliphatic carbocycles. The van der Waals surface area contributed by atoms with E-state index in [9.17, 15) is 0 Å². The van der Waals surface area contributed by atoms with Crippen molar-refractivity contribution in [3.63, 3.8) is 0 Å². The van der Waals surface area contributed by atoms with Crippen molar-refractivity contribution in [1.29, 1.82) is 0 Å². The maximum Gasteiger partial charge on any atom is 0.229 e. The van der Waals surface area contributed by atoms with Gasteiger partial charge >= 0.3 is 0 Å². The van der Waals surface area contributed by atoms with Gasteiger partial charge in [-0.2, -0.15) is 4.98 Å². The number of ether oxygens (including phenoxy) is 1. The Labute approximate surface area is 158 Å². The Morgan fingerprint density at radius 3 is 2.42 bits per heavy atom. The maximum absolute atomic E-state index is 5.93. The van der Waals surface area contributed by atoms with Gasteiger partial charge in [-0.3, -0.25) is 0 Å². The molecule has 0 unspecified atom stereocenters. The number of nitrogens with zero attached hydrogens (tertiary/aromatic N) is 2. The monoisotopic (exact) mass is 368 g/mol. The highest BCUT2D eigenvalue weighted by Crippen LogP contribution is 2.28. The summed E-state index contributed by atoms with van der Waals surface area (Å²) in [4.78, 5) is 8.98. The summed E-state index contributed by atoms with van der Waals surface area (Å²) in [6.07, 6.45) is 0.0900. The van der Waals surface area contributed by atoms with Crippen molar-refractivity contribution in [3.8, 4) is 5.75 Å². The number of para-hydroxylation sites is 2. The van der Waals surface area contributed by atoms with Gasteiger partial charge in [0.05, 0.1) is 11.8 Å². The fourth-order valence-corrected chi connectivity index (χ4v) is 2.54. The van der Waals surface area contributed by atoms with Gasteiger partial charge in [0.2, 0.25) is 5.95 Å². The number of anilines is 4. The summed E-state index contributed by atoms with van der Waals surface area (Å²) in [6.45, 7) is 5.93. The number of aryl methyl sites for hydroxylation is 1. The molecule has 26 heavy (non-hydrogen) atoms. The molecule has 0 aliphatic rings. The Balaban J connectivity index is 1.83. The summed E-state index contributed by atoms with van der Waals surface area (Å²) >= 11 is 5.93. The molecule has 6 heteroatoms. The van der Waals surface area contributed by atoms with E-state index in [-0.39, 0.29) is 6.10 Å². The van der Waals surface area contributed by atoms with E-state index in [1.807, 2.05) is 75.4 Å². The third kappa shape index (κ3) is 4.86. The predicted molar refractivity (Wildman–Crippen MR) is 107 cm³/mol. The summed E-state index contributed by atoms with van der Waals surface area (Å²) in [5.41, 5.74) is 2.58. The molecule has 0 radical (unpaired) electrons. The second-order valence-electron chi connectivity index (χ2n) is 6.14. The Morgan fingerprint density at radius 2 is 1.69 bits per heavy atom. The van der Waals surface area contributed by atoms with Crippen LogP contribution < -0.4 is 15.4 Å². The third-order valence-corrected chi connectivity index (χ3v) is 3.72. The van der Waals surface area contributed by atoms with Crippen LogP contribution >= 0.6 is 11.6 Å². The largest absolute Gasteiger partial charge is 0.489 e. The molecule has 0 amide bonds. The van der Waals surface area contributed by atoms with Gasteiger partial charge in [0.25, 0.3) is 0 Å². The van der Waals surface area contributed by atoms with Gasteiger partial charge in [0.15, 0.2) is 0 Å². The van der Waals surface area contributed by atoms with E-state index in [2.05, 4.69) is 20.6 Å². The van der Waals surface area contributed by atoms with Crippen LogP contribution in [0.1, 0.15) is 19.5 Å². The zero-order valence-corrected chi connectivity index (χ0v) is 15.7. The highest BCUT2D eigenvalue weighted by Gasteiger charge is 2.08. The van der Waals surface area contributed by atoms with Crippen molar-refractivity contribution in [2.75, 3.05) is 10.6 Å².